The van der Waals surface area contributed by atoms with E-state index in [1.807, 2.05) is 0 Å². The highest BCUT2D eigenvalue weighted by Gasteiger charge is 2.31. The normalized spacial score (nSPS) is 17.3. The van der Waals surface area contributed by atoms with Crippen molar-refractivity contribution in [3.05, 3.63) is 29.3 Å². The molecule has 10 heteroatoms. The summed E-state index contributed by atoms with van der Waals surface area (Å²) in [6.07, 6.45) is -3.60. The molecule has 1 aromatic carbocycles. The van der Waals surface area contributed by atoms with Crippen LogP contribution in [0.4, 0.5) is 13.2 Å². The van der Waals surface area contributed by atoms with Crippen molar-refractivity contribution in [3.63, 3.8) is 0 Å². The van der Waals surface area contributed by atoms with E-state index in [9.17, 15) is 31.2 Å². The number of alkyl halides is 3. The van der Waals surface area contributed by atoms with Crippen LogP contribution >= 0.6 is 0 Å². The smallest absolute Gasteiger partial charge is 0.345 e. The minimum absolute atomic E-state index is 0.0679. The topological polar surface area (TPSA) is 92.3 Å². The van der Waals surface area contributed by atoms with E-state index in [0.717, 1.165) is 0 Å². The molecule has 0 aromatic heterocycles. The standard InChI is InChI=1S/C15H17F3N2O4S/c1-9(13(21)19-8-15(16,17)18)20-14(22)11-6-2-4-10-5-3-7-25(23,24)12(10)11/h2,4,6,9H,3,5,7-8H2,1H3,(H,19,21)(H,20,22). The molecule has 1 atom stereocenters. The molecule has 0 aliphatic carbocycles. The molecule has 0 radical (unpaired) electrons. The summed E-state index contributed by atoms with van der Waals surface area (Å²) in [5.41, 5.74) is 0.417. The summed E-state index contributed by atoms with van der Waals surface area (Å²) >= 11 is 0. The zero-order valence-corrected chi connectivity index (χ0v) is 14.1. The zero-order valence-electron chi connectivity index (χ0n) is 13.3. The van der Waals surface area contributed by atoms with Gasteiger partial charge in [-0.25, -0.2) is 8.42 Å². The van der Waals surface area contributed by atoms with E-state index in [1.165, 1.54) is 19.1 Å². The van der Waals surface area contributed by atoms with E-state index < -0.39 is 40.4 Å². The average molecular weight is 378 g/mol. The molecule has 0 bridgehead atoms. The van der Waals surface area contributed by atoms with Gasteiger partial charge in [-0.2, -0.15) is 13.2 Å². The summed E-state index contributed by atoms with van der Waals surface area (Å²) in [4.78, 5) is 23.9. The Morgan fingerprint density at radius 3 is 2.60 bits per heavy atom. The van der Waals surface area contributed by atoms with Crippen LogP contribution in [0, 0.1) is 0 Å². The second-order valence-corrected chi connectivity index (χ2v) is 7.79. The maximum atomic E-state index is 12.3. The van der Waals surface area contributed by atoms with Crippen LogP contribution in [-0.2, 0) is 21.1 Å². The SMILES string of the molecule is CC(NC(=O)c1cccc2c1S(=O)(=O)CCC2)C(=O)NCC(F)(F)F. The Balaban J connectivity index is 2.16. The van der Waals surface area contributed by atoms with Crippen LogP contribution in [0.1, 0.15) is 29.3 Å². The summed E-state index contributed by atoms with van der Waals surface area (Å²) in [5, 5.41) is 3.90. The maximum absolute atomic E-state index is 12.3. The predicted octanol–water partition coefficient (Wildman–Crippen LogP) is 1.20. The summed E-state index contributed by atoms with van der Waals surface area (Å²) in [6.45, 7) is -0.297. The van der Waals surface area contributed by atoms with Gasteiger partial charge in [0.1, 0.15) is 12.6 Å². The van der Waals surface area contributed by atoms with E-state index in [0.29, 0.717) is 18.4 Å². The highest BCUT2D eigenvalue weighted by atomic mass is 32.2. The van der Waals surface area contributed by atoms with E-state index in [-0.39, 0.29) is 16.2 Å². The Bertz CT molecular complexity index is 790. The molecule has 2 rings (SSSR count). The van der Waals surface area contributed by atoms with Crippen LogP contribution in [0.5, 0.6) is 0 Å². The van der Waals surface area contributed by atoms with Crippen molar-refractivity contribution in [2.75, 3.05) is 12.3 Å². The summed E-state index contributed by atoms with van der Waals surface area (Å²) in [5.74, 6) is -1.92. The first-order chi connectivity index (χ1) is 11.5. The molecule has 6 nitrogen and oxygen atoms in total. The second kappa shape index (κ2) is 7.03. The van der Waals surface area contributed by atoms with Crippen molar-refractivity contribution < 1.29 is 31.2 Å². The third-order valence-electron chi connectivity index (χ3n) is 3.72. The Labute approximate surface area is 142 Å². The van der Waals surface area contributed by atoms with Crippen LogP contribution in [0.3, 0.4) is 0 Å². The van der Waals surface area contributed by atoms with Crippen LogP contribution in [0.2, 0.25) is 0 Å². The molecule has 0 saturated heterocycles. The number of fused-ring (bicyclic) bond motifs is 1. The molecule has 1 aliphatic rings. The molecule has 138 valence electrons. The molecule has 1 aliphatic heterocycles. The van der Waals surface area contributed by atoms with Gasteiger partial charge < -0.3 is 10.6 Å². The highest BCUT2D eigenvalue weighted by molar-refractivity contribution is 7.91. The summed E-state index contributed by atoms with van der Waals surface area (Å²) < 4.78 is 60.8. The first-order valence-electron chi connectivity index (χ1n) is 7.51. The van der Waals surface area contributed by atoms with E-state index >= 15 is 0 Å². The van der Waals surface area contributed by atoms with Gasteiger partial charge >= 0.3 is 6.18 Å². The Morgan fingerprint density at radius 1 is 1.28 bits per heavy atom. The Kier molecular flexibility index (Phi) is 5.40. The van der Waals surface area contributed by atoms with Gasteiger partial charge in [0.15, 0.2) is 9.84 Å². The van der Waals surface area contributed by atoms with Crippen molar-refractivity contribution in [2.24, 2.45) is 0 Å². The average Bonchev–Trinajstić information content (AvgIpc) is 2.50. The lowest BCUT2D eigenvalue weighted by molar-refractivity contribution is -0.139. The number of carbonyl (C=O) groups excluding carboxylic acids is 2. The number of aryl methyl sites for hydroxylation is 1. The van der Waals surface area contributed by atoms with E-state index in [2.05, 4.69) is 5.32 Å². The van der Waals surface area contributed by atoms with Gasteiger partial charge in [0.2, 0.25) is 5.91 Å². The highest BCUT2D eigenvalue weighted by Crippen LogP contribution is 2.28. The van der Waals surface area contributed by atoms with Crippen molar-refractivity contribution >= 4 is 21.7 Å². The molecular weight excluding hydrogens is 361 g/mol. The molecule has 25 heavy (non-hydrogen) atoms. The fourth-order valence-corrected chi connectivity index (χ4v) is 4.36. The van der Waals surface area contributed by atoms with Crippen LogP contribution < -0.4 is 10.6 Å². The van der Waals surface area contributed by atoms with Crippen LogP contribution in [-0.4, -0.2) is 44.7 Å². The Hall–Kier alpha value is -2.10. The van der Waals surface area contributed by atoms with Crippen LogP contribution in [0.15, 0.2) is 23.1 Å². The molecule has 1 unspecified atom stereocenters. The number of carbonyl (C=O) groups is 2. The van der Waals surface area contributed by atoms with Gasteiger partial charge in [0.05, 0.1) is 16.2 Å². The largest absolute Gasteiger partial charge is 0.405 e. The number of rotatable bonds is 4. The van der Waals surface area contributed by atoms with Gasteiger partial charge in [-0.1, -0.05) is 12.1 Å². The van der Waals surface area contributed by atoms with Gasteiger partial charge in [-0.3, -0.25) is 9.59 Å². The van der Waals surface area contributed by atoms with Crippen molar-refractivity contribution in [3.8, 4) is 0 Å². The Morgan fingerprint density at radius 2 is 1.96 bits per heavy atom. The molecule has 0 spiro atoms. The zero-order chi connectivity index (χ0) is 18.8. The summed E-state index contributed by atoms with van der Waals surface area (Å²) in [6, 6.07) is 3.21. The van der Waals surface area contributed by atoms with Gasteiger partial charge in [0.25, 0.3) is 5.91 Å². The third kappa shape index (κ3) is 4.71. The monoisotopic (exact) mass is 378 g/mol. The van der Waals surface area contributed by atoms with E-state index in [1.54, 1.807) is 11.4 Å². The number of hydrogen-bond acceptors (Lipinski definition) is 4. The second-order valence-electron chi connectivity index (χ2n) is 5.74. The van der Waals surface area contributed by atoms with Gasteiger partial charge in [-0.15, -0.1) is 0 Å². The fraction of sp³-hybridized carbons (Fsp3) is 0.467. The third-order valence-corrected chi connectivity index (χ3v) is 5.65. The lowest BCUT2D eigenvalue weighted by atomic mass is 10.1. The fourth-order valence-electron chi connectivity index (χ4n) is 2.56. The number of halogens is 3. The molecule has 0 saturated carbocycles. The lowest BCUT2D eigenvalue weighted by Crippen LogP contribution is -2.47. The minimum Gasteiger partial charge on any atom is -0.345 e. The van der Waals surface area contributed by atoms with E-state index in [4.69, 9.17) is 0 Å². The molecule has 2 amide bonds. The first kappa shape index (κ1) is 19.2. The van der Waals surface area contributed by atoms with Gasteiger partial charge in [-0.05, 0) is 31.4 Å². The quantitative estimate of drug-likeness (QED) is 0.824. The maximum Gasteiger partial charge on any atom is 0.405 e. The van der Waals surface area contributed by atoms with Crippen LogP contribution in [0.25, 0.3) is 0 Å². The predicted molar refractivity (Wildman–Crippen MR) is 82.8 cm³/mol. The van der Waals surface area contributed by atoms with Crippen molar-refractivity contribution in [1.82, 2.24) is 10.6 Å². The molecule has 2 N–H and O–H groups in total. The lowest BCUT2D eigenvalue weighted by Gasteiger charge is -2.20. The number of hydrogen-bond donors (Lipinski definition) is 2. The molecule has 0 fully saturated rings. The number of nitrogens with one attached hydrogen (secondary N) is 2. The summed E-state index contributed by atoms with van der Waals surface area (Å²) in [7, 11) is -3.61. The number of benzene rings is 1. The first-order valence-corrected chi connectivity index (χ1v) is 9.16. The molecule has 1 aromatic rings. The van der Waals surface area contributed by atoms with Gasteiger partial charge in [0, 0.05) is 0 Å². The molecular formula is C15H17F3N2O4S. The number of amides is 2. The number of sulfone groups is 1. The minimum atomic E-state index is -4.56. The van der Waals surface area contributed by atoms with Crippen molar-refractivity contribution in [2.45, 2.75) is 36.9 Å². The van der Waals surface area contributed by atoms with Crippen molar-refractivity contribution in [1.29, 1.82) is 0 Å². The molecule has 1 heterocycles.